The smallest absolute Gasteiger partial charge is 0.156 e. The number of hydrogen-bond acceptors (Lipinski definition) is 1. The maximum absolute atomic E-state index is 6.41. The van der Waals surface area contributed by atoms with Crippen LogP contribution in [-0.2, 0) is 0 Å². The molecule has 2 heteroatoms. The Morgan fingerprint density at radius 1 is 0.826 bits per heavy atom. The van der Waals surface area contributed by atoms with Crippen molar-refractivity contribution in [3.8, 4) is 11.1 Å². The molecule has 3 aromatic rings. The van der Waals surface area contributed by atoms with E-state index in [4.69, 9.17) is 4.42 Å². The first-order valence-corrected chi connectivity index (χ1v) is 11.3. The van der Waals surface area contributed by atoms with E-state index in [1.807, 2.05) is 0 Å². The highest BCUT2D eigenvalue weighted by molar-refractivity contribution is 6.99. The van der Waals surface area contributed by atoms with Crippen molar-refractivity contribution < 1.29 is 4.42 Å². The lowest BCUT2D eigenvalue weighted by atomic mass is 10.0. The van der Waals surface area contributed by atoms with Gasteiger partial charge in [-0.05, 0) is 11.6 Å². The third kappa shape index (κ3) is 3.04. The molecule has 0 atom stereocenters. The largest absolute Gasteiger partial charge is 0.470 e. The second-order valence-corrected chi connectivity index (χ2v) is 11.2. The van der Waals surface area contributed by atoms with Gasteiger partial charge in [-0.2, -0.15) is 0 Å². The predicted octanol–water partition coefficient (Wildman–Crippen LogP) is 4.89. The highest BCUT2D eigenvalue weighted by Gasteiger charge is 2.31. The summed E-state index contributed by atoms with van der Waals surface area (Å²) in [6, 6.07) is 23.6. The summed E-state index contributed by atoms with van der Waals surface area (Å²) in [7, 11) is -1.81. The minimum Gasteiger partial charge on any atom is -0.470 e. The molecule has 23 heavy (non-hydrogen) atoms. The third-order valence-corrected chi connectivity index (χ3v) is 7.74. The molecule has 0 saturated carbocycles. The maximum atomic E-state index is 6.41. The molecule has 0 N–H and O–H groups in total. The van der Waals surface area contributed by atoms with E-state index in [-0.39, 0.29) is 0 Å². The summed E-state index contributed by atoms with van der Waals surface area (Å²) in [6.07, 6.45) is 0. The molecule has 1 nitrogen and oxygen atoms in total. The molecule has 2 aromatic carbocycles. The third-order valence-electron chi connectivity index (χ3n) is 4.48. The second kappa shape index (κ2) is 6.21. The molecule has 0 fully saturated rings. The molecule has 0 spiro atoms. The zero-order valence-corrected chi connectivity index (χ0v) is 15.3. The van der Waals surface area contributed by atoms with E-state index in [0.717, 1.165) is 11.1 Å². The van der Waals surface area contributed by atoms with Gasteiger partial charge in [-0.15, -0.1) is 0 Å². The molecule has 3 rings (SSSR count). The van der Waals surface area contributed by atoms with Crippen LogP contribution in [0.1, 0.15) is 25.5 Å². The van der Waals surface area contributed by atoms with E-state index in [1.54, 1.807) is 0 Å². The van der Waals surface area contributed by atoms with Crippen molar-refractivity contribution in [1.82, 2.24) is 0 Å². The van der Waals surface area contributed by atoms with E-state index in [2.05, 4.69) is 93.7 Å². The summed E-state index contributed by atoms with van der Waals surface area (Å²) >= 11 is 0. The van der Waals surface area contributed by atoms with Crippen LogP contribution in [0.15, 0.2) is 71.1 Å². The van der Waals surface area contributed by atoms with Gasteiger partial charge >= 0.3 is 0 Å². The molecule has 118 valence electrons. The molecule has 0 bridgehead atoms. The van der Waals surface area contributed by atoms with Gasteiger partial charge in [0.1, 0.15) is 5.76 Å². The lowest BCUT2D eigenvalue weighted by Crippen LogP contribution is -2.52. The zero-order valence-electron chi connectivity index (χ0n) is 14.3. The van der Waals surface area contributed by atoms with Crippen molar-refractivity contribution >= 4 is 18.6 Å². The molecular formula is C21H24OSi. The van der Waals surface area contributed by atoms with Crippen molar-refractivity contribution in [1.29, 1.82) is 0 Å². The summed E-state index contributed by atoms with van der Waals surface area (Å²) in [4.78, 5) is 0. The Morgan fingerprint density at radius 3 is 1.96 bits per heavy atom. The van der Waals surface area contributed by atoms with Crippen LogP contribution in [0.5, 0.6) is 0 Å². The molecule has 0 aliphatic heterocycles. The SMILES string of the molecule is CC(C)c1oc([Si](C)(C)c2ccccc2)cc1-c1ccccc1. The first-order chi connectivity index (χ1) is 11.0. The first-order valence-electron chi connectivity index (χ1n) is 8.25. The van der Waals surface area contributed by atoms with Gasteiger partial charge in [0.15, 0.2) is 8.07 Å². The van der Waals surface area contributed by atoms with Gasteiger partial charge in [-0.3, -0.25) is 0 Å². The Balaban J connectivity index is 2.12. The summed E-state index contributed by atoms with van der Waals surface area (Å²) in [5.41, 5.74) is 2.48. The fourth-order valence-electron chi connectivity index (χ4n) is 2.98. The average Bonchev–Trinajstić information content (AvgIpc) is 3.03. The Hall–Kier alpha value is -2.06. The average molecular weight is 321 g/mol. The minimum absolute atomic E-state index is 0.375. The van der Waals surface area contributed by atoms with Crippen LogP contribution in [0.2, 0.25) is 13.1 Å². The Morgan fingerprint density at radius 2 is 1.39 bits per heavy atom. The van der Waals surface area contributed by atoms with Crippen LogP contribution in [0.25, 0.3) is 11.1 Å². The van der Waals surface area contributed by atoms with Crippen molar-refractivity contribution in [2.24, 2.45) is 0 Å². The van der Waals surface area contributed by atoms with E-state index < -0.39 is 8.07 Å². The van der Waals surface area contributed by atoms with Gasteiger partial charge in [0.05, 0.1) is 5.38 Å². The molecule has 0 aliphatic carbocycles. The summed E-state index contributed by atoms with van der Waals surface area (Å²) in [6.45, 7) is 9.12. The monoisotopic (exact) mass is 320 g/mol. The maximum Gasteiger partial charge on any atom is 0.156 e. The summed E-state index contributed by atoms with van der Waals surface area (Å²) < 4.78 is 6.41. The van der Waals surface area contributed by atoms with Crippen LogP contribution >= 0.6 is 0 Å². The van der Waals surface area contributed by atoms with Gasteiger partial charge < -0.3 is 4.42 Å². The van der Waals surface area contributed by atoms with Crippen LogP contribution in [0.4, 0.5) is 0 Å². The molecular weight excluding hydrogens is 296 g/mol. The fraction of sp³-hybridized carbons (Fsp3) is 0.238. The van der Waals surface area contributed by atoms with Crippen LogP contribution in [0.3, 0.4) is 0 Å². The van der Waals surface area contributed by atoms with E-state index in [0.29, 0.717) is 5.92 Å². The highest BCUT2D eigenvalue weighted by atomic mass is 28.3. The van der Waals surface area contributed by atoms with E-state index in [9.17, 15) is 0 Å². The highest BCUT2D eigenvalue weighted by Crippen LogP contribution is 2.30. The van der Waals surface area contributed by atoms with Gasteiger partial charge in [-0.1, -0.05) is 92.8 Å². The quantitative estimate of drug-likeness (QED) is 0.624. The number of furan rings is 1. The lowest BCUT2D eigenvalue weighted by molar-refractivity contribution is 0.511. The molecule has 0 amide bonds. The predicted molar refractivity (Wildman–Crippen MR) is 101 cm³/mol. The van der Waals surface area contributed by atoms with Crippen molar-refractivity contribution in [3.05, 3.63) is 72.5 Å². The van der Waals surface area contributed by atoms with Gasteiger partial charge in [-0.25, -0.2) is 0 Å². The first kappa shape index (κ1) is 15.8. The lowest BCUT2D eigenvalue weighted by Gasteiger charge is -2.20. The Labute approximate surface area is 140 Å². The standard InChI is InChI=1S/C21H24OSi/c1-16(2)21-19(17-11-7-5-8-12-17)15-20(22-21)23(3,4)18-13-9-6-10-14-18/h5-16H,1-4H3. The van der Waals surface area contributed by atoms with Crippen molar-refractivity contribution in [3.63, 3.8) is 0 Å². The summed E-state index contributed by atoms with van der Waals surface area (Å²) in [5, 5.41) is 2.56. The Bertz CT molecular complexity index is 770. The van der Waals surface area contributed by atoms with E-state index in [1.165, 1.54) is 16.3 Å². The molecule has 1 heterocycles. The number of benzene rings is 2. The molecule has 1 aromatic heterocycles. The van der Waals surface area contributed by atoms with Crippen LogP contribution in [0, 0.1) is 0 Å². The minimum atomic E-state index is -1.81. The van der Waals surface area contributed by atoms with Gasteiger partial charge in [0.25, 0.3) is 0 Å². The zero-order chi connectivity index (χ0) is 16.4. The molecule has 0 saturated heterocycles. The van der Waals surface area contributed by atoms with Crippen LogP contribution < -0.4 is 10.6 Å². The second-order valence-electron chi connectivity index (χ2n) is 6.90. The van der Waals surface area contributed by atoms with Crippen molar-refractivity contribution in [2.45, 2.75) is 32.9 Å². The van der Waals surface area contributed by atoms with E-state index >= 15 is 0 Å². The molecule has 0 unspecified atom stereocenters. The number of rotatable bonds is 4. The van der Waals surface area contributed by atoms with Gasteiger partial charge in [0, 0.05) is 11.5 Å². The van der Waals surface area contributed by atoms with Gasteiger partial charge in [0.2, 0.25) is 0 Å². The Kier molecular flexibility index (Phi) is 4.27. The molecule has 0 aliphatic rings. The van der Waals surface area contributed by atoms with Crippen LogP contribution in [-0.4, -0.2) is 8.07 Å². The van der Waals surface area contributed by atoms with Crippen molar-refractivity contribution in [2.75, 3.05) is 0 Å². The summed E-state index contributed by atoms with van der Waals surface area (Å²) in [5.74, 6) is 1.47. The molecule has 0 radical (unpaired) electrons. The topological polar surface area (TPSA) is 13.1 Å². The normalized spacial score (nSPS) is 11.9. The number of hydrogen-bond donors (Lipinski definition) is 0. The fourth-order valence-corrected chi connectivity index (χ4v) is 5.16.